The summed E-state index contributed by atoms with van der Waals surface area (Å²) in [6, 6.07) is 0.167. The molecule has 66 valence electrons. The molecule has 0 aliphatic heterocycles. The Morgan fingerprint density at radius 2 is 2.50 bits per heavy atom. The van der Waals surface area contributed by atoms with Crippen molar-refractivity contribution < 1.29 is 4.79 Å². The Morgan fingerprint density at radius 3 is 3.00 bits per heavy atom. The Morgan fingerprint density at radius 1 is 1.75 bits per heavy atom. The van der Waals surface area contributed by atoms with Gasteiger partial charge in [0.25, 0.3) is 0 Å². The third kappa shape index (κ3) is 2.69. The molecule has 1 aromatic heterocycles. The summed E-state index contributed by atoms with van der Waals surface area (Å²) in [7, 11) is 0. The molecular weight excluding hydrogens is 156 g/mol. The highest BCUT2D eigenvalue weighted by Gasteiger charge is 2.05. The zero-order valence-electron chi connectivity index (χ0n) is 7.16. The zero-order valence-corrected chi connectivity index (χ0v) is 7.16. The van der Waals surface area contributed by atoms with E-state index in [1.54, 1.807) is 0 Å². The van der Waals surface area contributed by atoms with Crippen LogP contribution in [0.4, 0.5) is 0 Å². The van der Waals surface area contributed by atoms with Crippen molar-refractivity contribution in [2.45, 2.75) is 26.3 Å². The molecule has 0 spiro atoms. The summed E-state index contributed by atoms with van der Waals surface area (Å²) >= 11 is 0. The molecular formula is C7H12N4O. The number of carbonyl (C=O) groups is 1. The molecule has 0 atom stereocenters. The number of hydrogen-bond donors (Lipinski definition) is 2. The van der Waals surface area contributed by atoms with Gasteiger partial charge in [0.2, 0.25) is 5.91 Å². The number of H-pyrrole nitrogens is 1. The second-order valence-electron chi connectivity index (χ2n) is 2.83. The lowest BCUT2D eigenvalue weighted by Gasteiger charge is -2.05. The van der Waals surface area contributed by atoms with E-state index in [0.717, 1.165) is 0 Å². The van der Waals surface area contributed by atoms with E-state index >= 15 is 0 Å². The van der Waals surface area contributed by atoms with E-state index in [1.807, 2.05) is 13.8 Å². The second kappa shape index (κ2) is 3.85. The lowest BCUT2D eigenvalue weighted by atomic mass is 10.3. The maximum atomic E-state index is 11.1. The van der Waals surface area contributed by atoms with Crippen LogP contribution in [-0.2, 0) is 11.2 Å². The van der Waals surface area contributed by atoms with Crippen LogP contribution < -0.4 is 5.32 Å². The van der Waals surface area contributed by atoms with Gasteiger partial charge in [-0.3, -0.25) is 9.89 Å². The Kier molecular flexibility index (Phi) is 2.79. The highest BCUT2D eigenvalue weighted by atomic mass is 16.1. The number of carbonyl (C=O) groups excluding carboxylic acids is 1. The van der Waals surface area contributed by atoms with Crippen molar-refractivity contribution in [2.75, 3.05) is 0 Å². The van der Waals surface area contributed by atoms with E-state index in [9.17, 15) is 4.79 Å². The first-order valence-electron chi connectivity index (χ1n) is 3.82. The van der Waals surface area contributed by atoms with Crippen molar-refractivity contribution in [3.05, 3.63) is 12.2 Å². The maximum Gasteiger partial charge on any atom is 0.227 e. The molecule has 12 heavy (non-hydrogen) atoms. The highest BCUT2D eigenvalue weighted by molar-refractivity contribution is 5.77. The van der Waals surface area contributed by atoms with Crippen LogP contribution in [0.15, 0.2) is 6.33 Å². The van der Waals surface area contributed by atoms with Crippen molar-refractivity contribution in [3.8, 4) is 0 Å². The van der Waals surface area contributed by atoms with Gasteiger partial charge in [-0.15, -0.1) is 0 Å². The Balaban J connectivity index is 2.37. The fraction of sp³-hybridized carbons (Fsp3) is 0.571. The molecule has 5 heteroatoms. The van der Waals surface area contributed by atoms with Crippen LogP contribution in [0.2, 0.25) is 0 Å². The average Bonchev–Trinajstić information content (AvgIpc) is 2.37. The van der Waals surface area contributed by atoms with Gasteiger partial charge in [-0.25, -0.2) is 4.98 Å². The molecule has 0 saturated carbocycles. The highest BCUT2D eigenvalue weighted by Crippen LogP contribution is 1.88. The minimum atomic E-state index is -0.0400. The number of nitrogens with zero attached hydrogens (tertiary/aromatic N) is 2. The lowest BCUT2D eigenvalue weighted by Crippen LogP contribution is -2.31. The molecule has 5 nitrogen and oxygen atoms in total. The predicted octanol–water partition coefficient (Wildman–Crippen LogP) is -0.128. The van der Waals surface area contributed by atoms with E-state index < -0.39 is 0 Å². The number of nitrogens with one attached hydrogen (secondary N) is 2. The SMILES string of the molecule is CC(C)NC(=O)Cc1ncn[nH]1. The molecule has 0 radical (unpaired) electrons. The lowest BCUT2D eigenvalue weighted by molar-refractivity contribution is -0.121. The molecule has 1 aromatic rings. The quantitative estimate of drug-likeness (QED) is 0.660. The van der Waals surface area contributed by atoms with Crippen molar-refractivity contribution in [2.24, 2.45) is 0 Å². The summed E-state index contributed by atoms with van der Waals surface area (Å²) in [6.07, 6.45) is 1.65. The predicted molar refractivity (Wildman–Crippen MR) is 43.4 cm³/mol. The fourth-order valence-electron chi connectivity index (χ4n) is 0.841. The monoisotopic (exact) mass is 168 g/mol. The third-order valence-electron chi connectivity index (χ3n) is 1.24. The molecule has 0 unspecified atom stereocenters. The summed E-state index contributed by atoms with van der Waals surface area (Å²) in [5, 5.41) is 9.01. The molecule has 2 N–H and O–H groups in total. The molecule has 0 aromatic carbocycles. The Hall–Kier alpha value is -1.39. The zero-order chi connectivity index (χ0) is 8.97. The topological polar surface area (TPSA) is 70.7 Å². The summed E-state index contributed by atoms with van der Waals surface area (Å²) in [5.74, 6) is 0.551. The van der Waals surface area contributed by atoms with Crippen LogP contribution in [0.25, 0.3) is 0 Å². The van der Waals surface area contributed by atoms with E-state index in [4.69, 9.17) is 0 Å². The van der Waals surface area contributed by atoms with Crippen LogP contribution in [-0.4, -0.2) is 27.1 Å². The smallest absolute Gasteiger partial charge is 0.227 e. The number of aromatic nitrogens is 3. The summed E-state index contributed by atoms with van der Waals surface area (Å²) < 4.78 is 0. The van der Waals surface area contributed by atoms with Gasteiger partial charge in [0.1, 0.15) is 12.2 Å². The minimum absolute atomic E-state index is 0.0400. The number of aromatic amines is 1. The van der Waals surface area contributed by atoms with Crippen molar-refractivity contribution in [3.63, 3.8) is 0 Å². The largest absolute Gasteiger partial charge is 0.354 e. The molecule has 0 aliphatic rings. The molecule has 0 bridgehead atoms. The normalized spacial score (nSPS) is 10.2. The maximum absolute atomic E-state index is 11.1. The minimum Gasteiger partial charge on any atom is -0.354 e. The first kappa shape index (κ1) is 8.70. The Bertz CT molecular complexity index is 242. The second-order valence-corrected chi connectivity index (χ2v) is 2.83. The molecule has 0 fully saturated rings. The molecule has 1 amide bonds. The van der Waals surface area contributed by atoms with Gasteiger partial charge < -0.3 is 5.32 Å². The van der Waals surface area contributed by atoms with E-state index in [-0.39, 0.29) is 18.4 Å². The fourth-order valence-corrected chi connectivity index (χ4v) is 0.841. The van der Waals surface area contributed by atoms with Gasteiger partial charge in [-0.2, -0.15) is 5.10 Å². The van der Waals surface area contributed by atoms with Crippen LogP contribution in [0, 0.1) is 0 Å². The molecule has 1 heterocycles. The van der Waals surface area contributed by atoms with Gasteiger partial charge in [-0.05, 0) is 13.8 Å². The van der Waals surface area contributed by atoms with E-state index in [2.05, 4.69) is 20.5 Å². The van der Waals surface area contributed by atoms with Gasteiger partial charge in [0.15, 0.2) is 0 Å². The molecule has 0 aliphatic carbocycles. The van der Waals surface area contributed by atoms with Crippen LogP contribution >= 0.6 is 0 Å². The average molecular weight is 168 g/mol. The first-order chi connectivity index (χ1) is 5.68. The van der Waals surface area contributed by atoms with Gasteiger partial charge >= 0.3 is 0 Å². The van der Waals surface area contributed by atoms with Crippen LogP contribution in [0.3, 0.4) is 0 Å². The summed E-state index contributed by atoms with van der Waals surface area (Å²) in [4.78, 5) is 15.0. The van der Waals surface area contributed by atoms with Crippen molar-refractivity contribution in [1.82, 2.24) is 20.5 Å². The summed E-state index contributed by atoms with van der Waals surface area (Å²) in [6.45, 7) is 3.83. The first-order valence-corrected chi connectivity index (χ1v) is 3.82. The number of hydrogen-bond acceptors (Lipinski definition) is 3. The third-order valence-corrected chi connectivity index (χ3v) is 1.24. The molecule has 1 rings (SSSR count). The van der Waals surface area contributed by atoms with Crippen molar-refractivity contribution in [1.29, 1.82) is 0 Å². The van der Waals surface area contributed by atoms with Gasteiger partial charge in [0, 0.05) is 6.04 Å². The van der Waals surface area contributed by atoms with Crippen LogP contribution in [0.1, 0.15) is 19.7 Å². The van der Waals surface area contributed by atoms with Gasteiger partial charge in [-0.1, -0.05) is 0 Å². The van der Waals surface area contributed by atoms with E-state index in [1.165, 1.54) is 6.33 Å². The van der Waals surface area contributed by atoms with Crippen LogP contribution in [0.5, 0.6) is 0 Å². The number of amides is 1. The van der Waals surface area contributed by atoms with Gasteiger partial charge in [0.05, 0.1) is 6.42 Å². The standard InChI is InChI=1S/C7H12N4O/c1-5(2)10-7(12)3-6-8-4-9-11-6/h4-5H,3H2,1-2H3,(H,10,12)(H,8,9,11). The van der Waals surface area contributed by atoms with E-state index in [0.29, 0.717) is 5.82 Å². The molecule has 0 saturated heterocycles. The Labute approximate surface area is 70.6 Å². The number of rotatable bonds is 3. The van der Waals surface area contributed by atoms with Crippen molar-refractivity contribution >= 4 is 5.91 Å². The summed E-state index contributed by atoms with van der Waals surface area (Å²) in [5.41, 5.74) is 0.